The summed E-state index contributed by atoms with van der Waals surface area (Å²) in [6, 6.07) is 0.279. The lowest BCUT2D eigenvalue weighted by Crippen LogP contribution is -2.45. The molecule has 1 atom stereocenters. The van der Waals surface area contributed by atoms with Crippen LogP contribution in [0, 0.1) is 0 Å². The van der Waals surface area contributed by atoms with Crippen molar-refractivity contribution in [2.75, 3.05) is 26.2 Å². The Hall–Kier alpha value is -1.32. The Bertz CT molecular complexity index is 490. The fraction of sp³-hybridized carbons (Fsp3) is 0.667. The molecule has 1 aliphatic heterocycles. The van der Waals surface area contributed by atoms with E-state index in [0.717, 1.165) is 38.6 Å². The number of hydrogen-bond donors (Lipinski definition) is 2. The first kappa shape index (κ1) is 19.7. The van der Waals surface area contributed by atoms with Crippen molar-refractivity contribution in [3.63, 3.8) is 0 Å². The molecular formula is C15H27IN6O. The van der Waals surface area contributed by atoms with Gasteiger partial charge in [0.05, 0.1) is 12.9 Å². The Labute approximate surface area is 155 Å². The van der Waals surface area contributed by atoms with E-state index in [-0.39, 0.29) is 35.9 Å². The number of guanidine groups is 1. The number of aromatic nitrogens is 2. The van der Waals surface area contributed by atoms with Gasteiger partial charge in [-0.1, -0.05) is 6.92 Å². The third-order valence-electron chi connectivity index (χ3n) is 3.72. The van der Waals surface area contributed by atoms with Gasteiger partial charge in [-0.3, -0.25) is 9.79 Å². The Balaban J connectivity index is 0.00000264. The van der Waals surface area contributed by atoms with Crippen molar-refractivity contribution in [3.8, 4) is 0 Å². The van der Waals surface area contributed by atoms with Crippen LogP contribution in [0.15, 0.2) is 23.7 Å². The fourth-order valence-electron chi connectivity index (χ4n) is 2.54. The Morgan fingerprint density at radius 1 is 1.43 bits per heavy atom. The predicted molar refractivity (Wildman–Crippen MR) is 102 cm³/mol. The van der Waals surface area contributed by atoms with E-state index in [1.165, 1.54) is 0 Å². The Morgan fingerprint density at radius 2 is 2.26 bits per heavy atom. The fourth-order valence-corrected chi connectivity index (χ4v) is 2.54. The molecule has 130 valence electrons. The van der Waals surface area contributed by atoms with E-state index in [1.54, 1.807) is 12.5 Å². The maximum Gasteiger partial charge on any atom is 0.222 e. The molecule has 8 heteroatoms. The van der Waals surface area contributed by atoms with Crippen LogP contribution in [0.1, 0.15) is 26.7 Å². The van der Waals surface area contributed by atoms with E-state index >= 15 is 0 Å². The molecule has 23 heavy (non-hydrogen) atoms. The molecule has 0 aliphatic carbocycles. The van der Waals surface area contributed by atoms with Gasteiger partial charge in [-0.2, -0.15) is 0 Å². The van der Waals surface area contributed by atoms with E-state index in [1.807, 2.05) is 22.6 Å². The minimum atomic E-state index is 0. The monoisotopic (exact) mass is 434 g/mol. The minimum absolute atomic E-state index is 0. The van der Waals surface area contributed by atoms with Crippen molar-refractivity contribution in [1.29, 1.82) is 0 Å². The molecular weight excluding hydrogens is 407 g/mol. The molecule has 7 nitrogen and oxygen atoms in total. The van der Waals surface area contributed by atoms with Crippen molar-refractivity contribution in [2.45, 2.75) is 39.3 Å². The van der Waals surface area contributed by atoms with Gasteiger partial charge < -0.3 is 20.1 Å². The molecule has 1 aromatic heterocycles. The number of carbonyl (C=O) groups is 1. The van der Waals surface area contributed by atoms with Crippen molar-refractivity contribution in [2.24, 2.45) is 4.99 Å². The zero-order valence-corrected chi connectivity index (χ0v) is 16.2. The topological polar surface area (TPSA) is 74.6 Å². The summed E-state index contributed by atoms with van der Waals surface area (Å²) in [5, 5.41) is 6.68. The van der Waals surface area contributed by atoms with Gasteiger partial charge in [-0.25, -0.2) is 4.98 Å². The SMILES string of the molecule is CCNC(=NCCn1ccnc1)NC1CCN(C(=O)CC)C1.I. The summed E-state index contributed by atoms with van der Waals surface area (Å²) >= 11 is 0. The highest BCUT2D eigenvalue weighted by Gasteiger charge is 2.25. The first-order valence-corrected chi connectivity index (χ1v) is 8.01. The van der Waals surface area contributed by atoms with Crippen LogP contribution in [-0.2, 0) is 11.3 Å². The highest BCUT2D eigenvalue weighted by molar-refractivity contribution is 14.0. The van der Waals surface area contributed by atoms with E-state index in [9.17, 15) is 4.79 Å². The van der Waals surface area contributed by atoms with Gasteiger partial charge in [-0.05, 0) is 13.3 Å². The lowest BCUT2D eigenvalue weighted by molar-refractivity contribution is -0.129. The molecule has 1 unspecified atom stereocenters. The average Bonchev–Trinajstić information content (AvgIpc) is 3.18. The van der Waals surface area contributed by atoms with Gasteiger partial charge in [0.25, 0.3) is 0 Å². The number of imidazole rings is 1. The van der Waals surface area contributed by atoms with Gasteiger partial charge >= 0.3 is 0 Å². The molecule has 2 N–H and O–H groups in total. The molecule has 0 saturated carbocycles. The van der Waals surface area contributed by atoms with Gasteiger partial charge in [0.2, 0.25) is 5.91 Å². The van der Waals surface area contributed by atoms with Gasteiger partial charge in [0.15, 0.2) is 5.96 Å². The highest BCUT2D eigenvalue weighted by Crippen LogP contribution is 2.10. The number of halogens is 1. The van der Waals surface area contributed by atoms with Crippen LogP contribution < -0.4 is 10.6 Å². The standard InChI is InChI=1S/C15H26N6O.HI/c1-3-14(22)21-8-5-13(11-21)19-15(17-4-2)18-7-10-20-9-6-16-12-20;/h6,9,12-13H,3-5,7-8,10-11H2,1-2H3,(H2,17,18,19);1H. The molecule has 1 saturated heterocycles. The number of aliphatic imine (C=N–C) groups is 1. The molecule has 0 aromatic carbocycles. The Morgan fingerprint density at radius 3 is 2.91 bits per heavy atom. The lowest BCUT2D eigenvalue weighted by atomic mass is 10.3. The first-order chi connectivity index (χ1) is 10.7. The summed E-state index contributed by atoms with van der Waals surface area (Å²) in [5.74, 6) is 1.05. The quantitative estimate of drug-likeness (QED) is 0.399. The lowest BCUT2D eigenvalue weighted by Gasteiger charge is -2.18. The number of rotatable bonds is 6. The molecule has 0 spiro atoms. The second-order valence-electron chi connectivity index (χ2n) is 5.38. The van der Waals surface area contributed by atoms with Crippen LogP contribution in [0.5, 0.6) is 0 Å². The third-order valence-corrected chi connectivity index (χ3v) is 3.72. The normalized spacial score (nSPS) is 17.7. The zero-order valence-electron chi connectivity index (χ0n) is 13.9. The summed E-state index contributed by atoms with van der Waals surface area (Å²) < 4.78 is 2.00. The van der Waals surface area contributed by atoms with Crippen molar-refractivity contribution in [1.82, 2.24) is 25.1 Å². The molecule has 1 amide bonds. The van der Waals surface area contributed by atoms with Crippen LogP contribution in [0.4, 0.5) is 0 Å². The molecule has 0 bridgehead atoms. The second-order valence-corrected chi connectivity index (χ2v) is 5.38. The minimum Gasteiger partial charge on any atom is -0.357 e. The highest BCUT2D eigenvalue weighted by atomic mass is 127. The van der Waals surface area contributed by atoms with E-state index in [4.69, 9.17) is 0 Å². The maximum absolute atomic E-state index is 11.7. The largest absolute Gasteiger partial charge is 0.357 e. The summed E-state index contributed by atoms with van der Waals surface area (Å²) in [4.78, 5) is 22.2. The van der Waals surface area contributed by atoms with Gasteiger partial charge in [-0.15, -0.1) is 24.0 Å². The number of nitrogens with one attached hydrogen (secondary N) is 2. The number of nitrogens with zero attached hydrogens (tertiary/aromatic N) is 4. The second kappa shape index (κ2) is 10.5. The first-order valence-electron chi connectivity index (χ1n) is 8.01. The number of likely N-dealkylation sites (tertiary alicyclic amines) is 1. The van der Waals surface area contributed by atoms with Gasteiger partial charge in [0, 0.05) is 51.0 Å². The molecule has 2 heterocycles. The van der Waals surface area contributed by atoms with Crippen molar-refractivity contribution in [3.05, 3.63) is 18.7 Å². The predicted octanol–water partition coefficient (Wildman–Crippen LogP) is 1.07. The zero-order chi connectivity index (χ0) is 15.8. The Kier molecular flexibility index (Phi) is 8.97. The van der Waals surface area contributed by atoms with Crippen LogP contribution in [-0.4, -0.2) is 58.5 Å². The van der Waals surface area contributed by atoms with Gasteiger partial charge in [0.1, 0.15) is 0 Å². The molecule has 1 fully saturated rings. The van der Waals surface area contributed by atoms with Crippen molar-refractivity contribution < 1.29 is 4.79 Å². The van der Waals surface area contributed by atoms with E-state index in [0.29, 0.717) is 13.0 Å². The van der Waals surface area contributed by atoms with Crippen LogP contribution in [0.2, 0.25) is 0 Å². The summed E-state index contributed by atoms with van der Waals surface area (Å²) in [6.07, 6.45) is 7.04. The van der Waals surface area contributed by atoms with Crippen LogP contribution >= 0.6 is 24.0 Å². The summed E-state index contributed by atoms with van der Waals surface area (Å²) in [6.45, 7) is 7.87. The average molecular weight is 434 g/mol. The molecule has 2 rings (SSSR count). The third kappa shape index (κ3) is 6.36. The molecule has 1 aliphatic rings. The number of amides is 1. The van der Waals surface area contributed by atoms with E-state index < -0.39 is 0 Å². The smallest absolute Gasteiger partial charge is 0.222 e. The number of hydrogen-bond acceptors (Lipinski definition) is 3. The molecule has 1 aromatic rings. The molecule has 0 radical (unpaired) electrons. The van der Waals surface area contributed by atoms with Crippen LogP contribution in [0.3, 0.4) is 0 Å². The maximum atomic E-state index is 11.7. The van der Waals surface area contributed by atoms with Crippen molar-refractivity contribution >= 4 is 35.8 Å². The van der Waals surface area contributed by atoms with E-state index in [2.05, 4.69) is 27.5 Å². The number of carbonyl (C=O) groups excluding carboxylic acids is 1. The van der Waals surface area contributed by atoms with Crippen LogP contribution in [0.25, 0.3) is 0 Å². The summed E-state index contributed by atoms with van der Waals surface area (Å²) in [7, 11) is 0. The summed E-state index contributed by atoms with van der Waals surface area (Å²) in [5.41, 5.74) is 0.